The van der Waals surface area contributed by atoms with E-state index in [0.29, 0.717) is 26.0 Å². The highest BCUT2D eigenvalue weighted by Crippen LogP contribution is 2.19. The molecule has 1 aromatic rings. The van der Waals surface area contributed by atoms with Gasteiger partial charge in [0.15, 0.2) is 0 Å². The second-order valence-corrected chi connectivity index (χ2v) is 6.73. The van der Waals surface area contributed by atoms with Crippen molar-refractivity contribution in [2.45, 2.75) is 32.7 Å². The van der Waals surface area contributed by atoms with Crippen molar-refractivity contribution < 1.29 is 14.3 Å². The molecular weight excluding hydrogens is 312 g/mol. The lowest BCUT2D eigenvalue weighted by atomic mass is 10.1. The zero-order valence-electron chi connectivity index (χ0n) is 13.9. The predicted molar refractivity (Wildman–Crippen MR) is 93.1 cm³/mol. The number of rotatable bonds is 8. The van der Waals surface area contributed by atoms with E-state index in [-0.39, 0.29) is 18.0 Å². The van der Waals surface area contributed by atoms with Crippen molar-refractivity contribution >= 4 is 23.7 Å². The molecule has 0 saturated carbocycles. The summed E-state index contributed by atoms with van der Waals surface area (Å²) >= 11 is 1.67. The number of carbonyl (C=O) groups is 2. The maximum Gasteiger partial charge on any atom is 0.324 e. The van der Waals surface area contributed by atoms with Gasteiger partial charge < -0.3 is 10.1 Å². The number of nitrogens with one attached hydrogen (secondary N) is 1. The molecule has 0 aliphatic carbocycles. The number of carbonyl (C=O) groups excluding carboxylic acids is 2. The van der Waals surface area contributed by atoms with Gasteiger partial charge in [-0.25, -0.2) is 4.79 Å². The van der Waals surface area contributed by atoms with E-state index in [1.165, 1.54) is 4.90 Å². The molecule has 1 fully saturated rings. The van der Waals surface area contributed by atoms with Crippen LogP contribution in [0.1, 0.15) is 24.0 Å². The second kappa shape index (κ2) is 8.24. The number of benzene rings is 1. The number of nitrogens with zero attached hydrogens (tertiary/aromatic N) is 1. The summed E-state index contributed by atoms with van der Waals surface area (Å²) in [6.07, 6.45) is 3.30. The summed E-state index contributed by atoms with van der Waals surface area (Å²) in [6.45, 7) is 4.90. The summed E-state index contributed by atoms with van der Waals surface area (Å²) in [5.41, 5.74) is 2.24. The molecule has 1 aliphatic rings. The van der Waals surface area contributed by atoms with Crippen molar-refractivity contribution in [1.29, 1.82) is 0 Å². The largest absolute Gasteiger partial charge is 0.493 e. The fraction of sp³-hybridized carbons (Fsp3) is 0.529. The number of hydrogen-bond acceptors (Lipinski definition) is 4. The summed E-state index contributed by atoms with van der Waals surface area (Å²) in [6, 6.07) is 5.42. The van der Waals surface area contributed by atoms with Crippen molar-refractivity contribution in [2.24, 2.45) is 0 Å². The van der Waals surface area contributed by atoms with E-state index < -0.39 is 0 Å². The minimum atomic E-state index is -0.366. The molecule has 0 spiro atoms. The number of urea groups is 1. The molecule has 1 saturated heterocycles. The normalized spacial score (nSPS) is 17.5. The first-order valence-corrected chi connectivity index (χ1v) is 9.23. The van der Waals surface area contributed by atoms with Gasteiger partial charge in [-0.05, 0) is 55.9 Å². The number of imide groups is 1. The van der Waals surface area contributed by atoms with E-state index in [4.69, 9.17) is 4.74 Å². The molecule has 126 valence electrons. The smallest absolute Gasteiger partial charge is 0.324 e. The molecule has 0 radical (unpaired) electrons. The first-order chi connectivity index (χ1) is 11.0. The van der Waals surface area contributed by atoms with Crippen LogP contribution in [0.2, 0.25) is 0 Å². The molecule has 1 atom stereocenters. The second-order valence-electron chi connectivity index (χ2n) is 5.74. The Bertz CT molecular complexity index is 577. The van der Waals surface area contributed by atoms with Crippen LogP contribution in [0.3, 0.4) is 0 Å². The Morgan fingerprint density at radius 1 is 1.30 bits per heavy atom. The van der Waals surface area contributed by atoms with Crippen molar-refractivity contribution in [3.8, 4) is 5.75 Å². The number of ether oxygens (including phenoxy) is 1. The molecule has 1 aliphatic heterocycles. The summed E-state index contributed by atoms with van der Waals surface area (Å²) < 4.78 is 5.77. The highest BCUT2D eigenvalue weighted by molar-refractivity contribution is 7.98. The number of thioether (sulfide) groups is 1. The zero-order chi connectivity index (χ0) is 16.8. The highest BCUT2D eigenvalue weighted by atomic mass is 32.2. The highest BCUT2D eigenvalue weighted by Gasteiger charge is 2.36. The molecule has 1 N–H and O–H groups in total. The number of amides is 3. The average molecular weight is 336 g/mol. The molecule has 2 rings (SSSR count). The van der Waals surface area contributed by atoms with Crippen LogP contribution in [0.5, 0.6) is 5.75 Å². The van der Waals surface area contributed by atoms with E-state index in [1.807, 2.05) is 38.3 Å². The van der Waals surface area contributed by atoms with Gasteiger partial charge >= 0.3 is 6.03 Å². The Balaban J connectivity index is 1.78. The quantitative estimate of drug-likeness (QED) is 0.586. The van der Waals surface area contributed by atoms with Gasteiger partial charge in [0.25, 0.3) is 5.91 Å². The van der Waals surface area contributed by atoms with E-state index >= 15 is 0 Å². The van der Waals surface area contributed by atoms with Crippen molar-refractivity contribution in [3.63, 3.8) is 0 Å². The first kappa shape index (κ1) is 17.7. The van der Waals surface area contributed by atoms with Crippen LogP contribution >= 0.6 is 11.8 Å². The van der Waals surface area contributed by atoms with Crippen molar-refractivity contribution in [2.75, 3.05) is 25.2 Å². The minimum Gasteiger partial charge on any atom is -0.493 e. The van der Waals surface area contributed by atoms with Gasteiger partial charge in [0.05, 0.1) is 6.61 Å². The van der Waals surface area contributed by atoms with Crippen molar-refractivity contribution in [1.82, 2.24) is 10.2 Å². The number of hydrogen-bond donors (Lipinski definition) is 1. The topological polar surface area (TPSA) is 58.6 Å². The average Bonchev–Trinajstić information content (AvgIpc) is 2.79. The van der Waals surface area contributed by atoms with E-state index in [2.05, 4.69) is 5.32 Å². The van der Waals surface area contributed by atoms with Gasteiger partial charge in [-0.2, -0.15) is 11.8 Å². The molecule has 1 heterocycles. The summed E-state index contributed by atoms with van der Waals surface area (Å²) in [5.74, 6) is 1.61. The van der Waals surface area contributed by atoms with Crippen molar-refractivity contribution in [3.05, 3.63) is 29.3 Å². The third kappa shape index (κ3) is 4.64. The fourth-order valence-corrected chi connectivity index (χ4v) is 2.96. The van der Waals surface area contributed by atoms with Crippen LogP contribution in [0, 0.1) is 13.8 Å². The van der Waals surface area contributed by atoms with Gasteiger partial charge in [-0.15, -0.1) is 0 Å². The van der Waals surface area contributed by atoms with Gasteiger partial charge in [0.2, 0.25) is 0 Å². The zero-order valence-corrected chi connectivity index (χ0v) is 14.7. The van der Waals surface area contributed by atoms with Crippen LogP contribution in [-0.2, 0) is 4.79 Å². The number of aryl methyl sites for hydroxylation is 2. The van der Waals surface area contributed by atoms with Gasteiger partial charge in [-0.3, -0.25) is 9.69 Å². The Kier molecular flexibility index (Phi) is 6.33. The molecule has 6 heteroatoms. The summed E-state index contributed by atoms with van der Waals surface area (Å²) in [7, 11) is 0. The SMILES string of the molecule is CSCCC1NC(=O)N(CCCOc2cc(C)ccc2C)C1=O. The Morgan fingerprint density at radius 3 is 2.83 bits per heavy atom. The molecule has 1 aromatic carbocycles. The standard InChI is InChI=1S/C17H24N2O3S/c1-12-5-6-13(2)15(11-12)22-9-4-8-19-16(20)14(7-10-23-3)18-17(19)21/h5-6,11,14H,4,7-10H2,1-3H3,(H,18,21). The minimum absolute atomic E-state index is 0.115. The van der Waals surface area contributed by atoms with Crippen LogP contribution in [0.4, 0.5) is 4.79 Å². The lowest BCUT2D eigenvalue weighted by Crippen LogP contribution is -2.33. The lowest BCUT2D eigenvalue weighted by Gasteiger charge is -2.14. The van der Waals surface area contributed by atoms with Gasteiger partial charge in [0.1, 0.15) is 11.8 Å². The van der Waals surface area contributed by atoms with Gasteiger partial charge in [-0.1, -0.05) is 12.1 Å². The van der Waals surface area contributed by atoms with Crippen LogP contribution in [0.25, 0.3) is 0 Å². The molecular formula is C17H24N2O3S. The Morgan fingerprint density at radius 2 is 2.09 bits per heavy atom. The Labute approximate surface area is 141 Å². The summed E-state index contributed by atoms with van der Waals surface area (Å²) in [4.78, 5) is 25.3. The third-order valence-electron chi connectivity index (χ3n) is 3.84. The molecule has 0 aromatic heterocycles. The molecule has 23 heavy (non-hydrogen) atoms. The maximum atomic E-state index is 12.2. The van der Waals surface area contributed by atoms with Crippen LogP contribution in [0.15, 0.2) is 18.2 Å². The van der Waals surface area contributed by atoms with E-state index in [1.54, 1.807) is 11.8 Å². The molecule has 1 unspecified atom stereocenters. The summed E-state index contributed by atoms with van der Waals surface area (Å²) in [5, 5.41) is 2.75. The van der Waals surface area contributed by atoms with Crippen LogP contribution in [-0.4, -0.2) is 48.0 Å². The molecule has 0 bridgehead atoms. The first-order valence-electron chi connectivity index (χ1n) is 7.84. The third-order valence-corrected chi connectivity index (χ3v) is 4.49. The van der Waals surface area contributed by atoms with Gasteiger partial charge in [0, 0.05) is 6.54 Å². The predicted octanol–water partition coefficient (Wildman–Crippen LogP) is 2.75. The van der Waals surface area contributed by atoms with E-state index in [0.717, 1.165) is 22.6 Å². The fourth-order valence-electron chi connectivity index (χ4n) is 2.49. The molecule has 5 nitrogen and oxygen atoms in total. The Hall–Kier alpha value is -1.69. The van der Waals surface area contributed by atoms with E-state index in [9.17, 15) is 9.59 Å². The van der Waals surface area contributed by atoms with Crippen LogP contribution < -0.4 is 10.1 Å². The maximum absolute atomic E-state index is 12.2. The lowest BCUT2D eigenvalue weighted by molar-refractivity contribution is -0.127. The molecule has 3 amide bonds. The monoisotopic (exact) mass is 336 g/mol.